The maximum Gasteiger partial charge on any atom is 0.408 e. The molecule has 2 rings (SSSR count). The number of rotatable bonds is 10. The Bertz CT molecular complexity index is 794. The molecule has 0 radical (unpaired) electrons. The van der Waals surface area contributed by atoms with Gasteiger partial charge in [-0.3, -0.25) is 4.79 Å². The lowest BCUT2D eigenvalue weighted by atomic mass is 9.98. The summed E-state index contributed by atoms with van der Waals surface area (Å²) in [5.74, 6) is -1.98. The van der Waals surface area contributed by atoms with Gasteiger partial charge in [0.05, 0.1) is 6.33 Å². The van der Waals surface area contributed by atoms with Gasteiger partial charge in [0.15, 0.2) is 0 Å². The average molecular weight is 402 g/mol. The largest absolute Gasteiger partial charge is 0.480 e. The second kappa shape index (κ2) is 10.8. The predicted molar refractivity (Wildman–Crippen MR) is 105 cm³/mol. The van der Waals surface area contributed by atoms with E-state index < -0.39 is 30.1 Å². The molecule has 3 atom stereocenters. The molecule has 0 aliphatic carbocycles. The molecular formula is C20H26N4O5. The SMILES string of the molecule is CCC(C)C(NC(=O)OCc1ccccc1)C(=O)NC(Cc1cnc[nH]1)C(=O)O. The first-order valence-electron chi connectivity index (χ1n) is 9.38. The van der Waals surface area contributed by atoms with Gasteiger partial charge in [0, 0.05) is 18.3 Å². The summed E-state index contributed by atoms with van der Waals surface area (Å²) in [6.07, 6.45) is 2.84. The molecule has 0 fully saturated rings. The Hall–Kier alpha value is -3.36. The molecule has 1 aromatic carbocycles. The zero-order chi connectivity index (χ0) is 21.2. The van der Waals surface area contributed by atoms with Crippen LogP contribution in [0.15, 0.2) is 42.9 Å². The molecule has 1 heterocycles. The monoisotopic (exact) mass is 402 g/mol. The minimum Gasteiger partial charge on any atom is -0.480 e. The van der Waals surface area contributed by atoms with Gasteiger partial charge in [-0.1, -0.05) is 50.6 Å². The van der Waals surface area contributed by atoms with Crippen LogP contribution in [-0.2, 0) is 27.4 Å². The number of imidazole rings is 1. The van der Waals surface area contributed by atoms with Gasteiger partial charge in [-0.2, -0.15) is 0 Å². The van der Waals surface area contributed by atoms with Gasteiger partial charge < -0.3 is 25.5 Å². The van der Waals surface area contributed by atoms with Crippen LogP contribution in [0, 0.1) is 5.92 Å². The summed E-state index contributed by atoms with van der Waals surface area (Å²) < 4.78 is 5.18. The lowest BCUT2D eigenvalue weighted by molar-refractivity contribution is -0.142. The lowest BCUT2D eigenvalue weighted by Crippen LogP contribution is -2.54. The quantitative estimate of drug-likeness (QED) is 0.479. The van der Waals surface area contributed by atoms with Crippen molar-refractivity contribution in [1.29, 1.82) is 0 Å². The first-order valence-corrected chi connectivity index (χ1v) is 9.38. The molecule has 9 heteroatoms. The molecule has 0 saturated heterocycles. The Balaban J connectivity index is 1.98. The van der Waals surface area contributed by atoms with Crippen molar-refractivity contribution in [2.45, 2.75) is 45.4 Å². The van der Waals surface area contributed by atoms with E-state index >= 15 is 0 Å². The van der Waals surface area contributed by atoms with Crippen LogP contribution >= 0.6 is 0 Å². The Morgan fingerprint density at radius 2 is 1.93 bits per heavy atom. The van der Waals surface area contributed by atoms with Crippen molar-refractivity contribution in [1.82, 2.24) is 20.6 Å². The Kier molecular flexibility index (Phi) is 8.20. The Morgan fingerprint density at radius 1 is 1.21 bits per heavy atom. The molecule has 0 bridgehead atoms. The number of carboxylic acids is 1. The van der Waals surface area contributed by atoms with Gasteiger partial charge in [-0.15, -0.1) is 0 Å². The van der Waals surface area contributed by atoms with E-state index in [-0.39, 0.29) is 18.9 Å². The van der Waals surface area contributed by atoms with Crippen molar-refractivity contribution in [3.8, 4) is 0 Å². The third kappa shape index (κ3) is 6.95. The van der Waals surface area contributed by atoms with Crippen LogP contribution < -0.4 is 10.6 Å². The molecule has 2 aromatic rings. The van der Waals surface area contributed by atoms with E-state index in [1.54, 1.807) is 6.92 Å². The number of alkyl carbamates (subject to hydrolysis) is 1. The van der Waals surface area contributed by atoms with Gasteiger partial charge in [0.2, 0.25) is 5.91 Å². The minimum absolute atomic E-state index is 0.0484. The maximum atomic E-state index is 12.7. The fourth-order valence-corrected chi connectivity index (χ4v) is 2.67. The summed E-state index contributed by atoms with van der Waals surface area (Å²) in [6.45, 7) is 3.74. The number of amides is 2. The van der Waals surface area contributed by atoms with Crippen LogP contribution in [0.1, 0.15) is 31.5 Å². The highest BCUT2D eigenvalue weighted by molar-refractivity contribution is 5.89. The fraction of sp³-hybridized carbons (Fsp3) is 0.400. The van der Waals surface area contributed by atoms with Crippen molar-refractivity contribution < 1.29 is 24.2 Å². The highest BCUT2D eigenvalue weighted by atomic mass is 16.5. The van der Waals surface area contributed by atoms with Crippen LogP contribution in [0.5, 0.6) is 0 Å². The first-order chi connectivity index (χ1) is 13.9. The smallest absolute Gasteiger partial charge is 0.408 e. The molecule has 156 valence electrons. The summed E-state index contributed by atoms with van der Waals surface area (Å²) in [7, 11) is 0. The maximum absolute atomic E-state index is 12.7. The molecular weight excluding hydrogens is 376 g/mol. The lowest BCUT2D eigenvalue weighted by Gasteiger charge is -2.25. The Labute approximate surface area is 168 Å². The van der Waals surface area contributed by atoms with Gasteiger partial charge in [0.1, 0.15) is 18.7 Å². The molecule has 4 N–H and O–H groups in total. The van der Waals surface area contributed by atoms with Crippen molar-refractivity contribution >= 4 is 18.0 Å². The number of aliphatic carboxylic acids is 1. The van der Waals surface area contributed by atoms with Crippen molar-refractivity contribution in [2.24, 2.45) is 5.92 Å². The number of hydrogen-bond acceptors (Lipinski definition) is 5. The number of carboxylic acid groups (broad SMARTS) is 1. The van der Waals surface area contributed by atoms with Crippen LogP contribution in [0.25, 0.3) is 0 Å². The second-order valence-electron chi connectivity index (χ2n) is 6.75. The minimum atomic E-state index is -1.18. The number of aromatic amines is 1. The molecule has 29 heavy (non-hydrogen) atoms. The van der Waals surface area contributed by atoms with Gasteiger partial charge in [0.25, 0.3) is 0 Å². The van der Waals surface area contributed by atoms with E-state index in [9.17, 15) is 19.5 Å². The normalized spacial score (nSPS) is 13.7. The van der Waals surface area contributed by atoms with E-state index in [1.165, 1.54) is 12.5 Å². The van der Waals surface area contributed by atoms with Gasteiger partial charge in [-0.25, -0.2) is 14.6 Å². The third-order valence-electron chi connectivity index (χ3n) is 4.58. The zero-order valence-corrected chi connectivity index (χ0v) is 16.4. The number of ether oxygens (including phenoxy) is 1. The Morgan fingerprint density at radius 3 is 2.52 bits per heavy atom. The van der Waals surface area contributed by atoms with Gasteiger partial charge in [-0.05, 0) is 11.5 Å². The number of aromatic nitrogens is 2. The molecule has 3 unspecified atom stereocenters. The highest BCUT2D eigenvalue weighted by Crippen LogP contribution is 2.10. The zero-order valence-electron chi connectivity index (χ0n) is 16.4. The summed E-state index contributed by atoms with van der Waals surface area (Å²) in [4.78, 5) is 43.1. The molecule has 0 aliphatic rings. The van der Waals surface area contributed by atoms with E-state index in [1.807, 2.05) is 37.3 Å². The standard InChI is InChI=1S/C20H26N4O5/c1-3-13(2)17(24-20(28)29-11-14-7-5-4-6-8-14)18(25)23-16(19(26)27)9-15-10-21-12-22-15/h4-8,10,12-13,16-17H,3,9,11H2,1-2H3,(H,21,22)(H,23,25)(H,24,28)(H,26,27). The first kappa shape index (κ1) is 21.9. The number of carbonyl (C=O) groups is 3. The van der Waals surface area contributed by atoms with E-state index in [4.69, 9.17) is 4.74 Å². The van der Waals surface area contributed by atoms with E-state index in [0.717, 1.165) is 5.56 Å². The number of carbonyl (C=O) groups excluding carboxylic acids is 2. The summed E-state index contributed by atoms with van der Waals surface area (Å²) in [5, 5.41) is 14.5. The number of nitrogens with zero attached hydrogens (tertiary/aromatic N) is 1. The molecule has 9 nitrogen and oxygen atoms in total. The van der Waals surface area contributed by atoms with Crippen molar-refractivity contribution in [3.63, 3.8) is 0 Å². The van der Waals surface area contributed by atoms with Crippen molar-refractivity contribution in [2.75, 3.05) is 0 Å². The second-order valence-corrected chi connectivity index (χ2v) is 6.75. The molecule has 0 saturated carbocycles. The predicted octanol–water partition coefficient (Wildman–Crippen LogP) is 1.86. The van der Waals surface area contributed by atoms with E-state index in [2.05, 4.69) is 20.6 Å². The van der Waals surface area contributed by atoms with Crippen LogP contribution in [0.4, 0.5) is 4.79 Å². The number of hydrogen-bond donors (Lipinski definition) is 4. The highest BCUT2D eigenvalue weighted by Gasteiger charge is 2.30. The van der Waals surface area contributed by atoms with Gasteiger partial charge >= 0.3 is 12.1 Å². The van der Waals surface area contributed by atoms with Crippen LogP contribution in [0.3, 0.4) is 0 Å². The number of nitrogens with one attached hydrogen (secondary N) is 3. The fourth-order valence-electron chi connectivity index (χ4n) is 2.67. The average Bonchev–Trinajstić information content (AvgIpc) is 3.23. The topological polar surface area (TPSA) is 133 Å². The summed E-state index contributed by atoms with van der Waals surface area (Å²) in [5.41, 5.74) is 1.39. The summed E-state index contributed by atoms with van der Waals surface area (Å²) in [6, 6.07) is 7.08. The molecule has 0 aliphatic heterocycles. The third-order valence-corrected chi connectivity index (χ3v) is 4.58. The summed E-state index contributed by atoms with van der Waals surface area (Å²) >= 11 is 0. The van der Waals surface area contributed by atoms with E-state index in [0.29, 0.717) is 12.1 Å². The van der Waals surface area contributed by atoms with Crippen LogP contribution in [0.2, 0.25) is 0 Å². The molecule has 2 amide bonds. The molecule has 1 aromatic heterocycles. The van der Waals surface area contributed by atoms with Crippen molar-refractivity contribution in [3.05, 3.63) is 54.1 Å². The van der Waals surface area contributed by atoms with Crippen LogP contribution in [-0.4, -0.2) is 45.1 Å². The number of H-pyrrole nitrogens is 1. The number of benzene rings is 1. The molecule has 0 spiro atoms.